The van der Waals surface area contributed by atoms with Gasteiger partial charge in [-0.15, -0.1) is 10.8 Å². The Morgan fingerprint density at radius 1 is 1.12 bits per heavy atom. The number of rotatable bonds is 14. The molecular weight excluding hydrogens is 548 g/mol. The van der Waals surface area contributed by atoms with E-state index in [4.69, 9.17) is 0 Å². The number of β-amino-alcohol motifs (C(OH)–C–C–N with tert-alkyl or cyclic N) is 1. The number of carbonyl (C=O) groups excluding carboxylic acids is 1. The summed E-state index contributed by atoms with van der Waals surface area (Å²) in [5.74, 6) is 0.689. The van der Waals surface area contributed by atoms with Crippen molar-refractivity contribution in [3.8, 4) is 0 Å². The molecule has 0 bridgehead atoms. The molecule has 3 aromatic rings. The quantitative estimate of drug-likeness (QED) is 0.146. The summed E-state index contributed by atoms with van der Waals surface area (Å²) < 4.78 is 25.2. The topological polar surface area (TPSA) is 110 Å². The second-order valence-electron chi connectivity index (χ2n) is 12.7. The van der Waals surface area contributed by atoms with Gasteiger partial charge in [0.25, 0.3) is 5.91 Å². The van der Waals surface area contributed by atoms with E-state index in [0.29, 0.717) is 48.9 Å². The van der Waals surface area contributed by atoms with E-state index in [0.717, 1.165) is 35.9 Å². The van der Waals surface area contributed by atoms with Gasteiger partial charge in [-0.1, -0.05) is 57.0 Å². The normalized spacial score (nSPS) is 17.5. The minimum atomic E-state index is -2.94. The van der Waals surface area contributed by atoms with Crippen LogP contribution in [0, 0.1) is 5.92 Å². The summed E-state index contributed by atoms with van der Waals surface area (Å²) >= 11 is 0. The van der Waals surface area contributed by atoms with Crippen molar-refractivity contribution in [3.05, 3.63) is 65.9 Å². The molecule has 4 rings (SSSR count). The standard InChI is InChI=1S/C33H50N4O4S/c1-6-36-18-15-27-29(36)21-26(22-30(27)37-17-11-19-42(37,40)41)32(39)35-28(20-25-13-8-7-9-14-25)31(38)23-34-33(4,5)16-10-12-24(2)3/h7-9,13-15,18,21-22,24,28,31,34,38,40-41H,6,10-12,16-17,19-20,23H2,1-5H3,(H,35,39)/t28-,31+/m0/s1. The van der Waals surface area contributed by atoms with Crippen molar-refractivity contribution in [2.45, 2.75) is 91.0 Å². The Morgan fingerprint density at radius 2 is 1.86 bits per heavy atom. The van der Waals surface area contributed by atoms with Gasteiger partial charge in [0, 0.05) is 42.3 Å². The monoisotopic (exact) mass is 598 g/mol. The van der Waals surface area contributed by atoms with Crippen molar-refractivity contribution in [2.24, 2.45) is 5.92 Å². The third-order valence-electron chi connectivity index (χ3n) is 8.32. The first-order chi connectivity index (χ1) is 19.9. The highest BCUT2D eigenvalue weighted by Gasteiger charge is 2.32. The molecule has 0 unspecified atom stereocenters. The zero-order valence-electron chi connectivity index (χ0n) is 25.8. The maximum absolute atomic E-state index is 13.9. The molecule has 1 fully saturated rings. The molecule has 1 amide bonds. The molecule has 232 valence electrons. The average molecular weight is 599 g/mol. The Hall–Kier alpha value is -2.56. The lowest BCUT2D eigenvalue weighted by molar-refractivity contribution is 0.0812. The van der Waals surface area contributed by atoms with Crippen molar-refractivity contribution >= 4 is 33.3 Å². The fraction of sp³-hybridized carbons (Fsp3) is 0.545. The second-order valence-corrected chi connectivity index (χ2v) is 14.8. The number of aliphatic hydroxyl groups is 1. The van der Waals surface area contributed by atoms with Crippen LogP contribution in [0.3, 0.4) is 0 Å². The molecule has 5 N–H and O–H groups in total. The van der Waals surface area contributed by atoms with Gasteiger partial charge in [-0.05, 0) is 69.7 Å². The second kappa shape index (κ2) is 13.8. The maximum Gasteiger partial charge on any atom is 0.251 e. The molecule has 0 spiro atoms. The fourth-order valence-electron chi connectivity index (χ4n) is 5.79. The molecule has 42 heavy (non-hydrogen) atoms. The summed E-state index contributed by atoms with van der Waals surface area (Å²) in [6.45, 7) is 12.4. The summed E-state index contributed by atoms with van der Waals surface area (Å²) in [4.78, 5) is 13.9. The van der Waals surface area contributed by atoms with E-state index in [9.17, 15) is 19.0 Å². The van der Waals surface area contributed by atoms with E-state index in [-0.39, 0.29) is 11.4 Å². The summed E-state index contributed by atoms with van der Waals surface area (Å²) in [6.07, 6.45) is 5.60. The molecule has 2 aromatic carbocycles. The van der Waals surface area contributed by atoms with Crippen LogP contribution < -0.4 is 14.9 Å². The lowest BCUT2D eigenvalue weighted by Crippen LogP contribution is -2.52. The number of benzene rings is 2. The molecule has 0 saturated carbocycles. The van der Waals surface area contributed by atoms with Crippen LogP contribution in [-0.2, 0) is 13.0 Å². The number of aryl methyl sites for hydroxylation is 1. The van der Waals surface area contributed by atoms with E-state index in [2.05, 4.69) is 42.9 Å². The van der Waals surface area contributed by atoms with Gasteiger partial charge >= 0.3 is 0 Å². The van der Waals surface area contributed by atoms with Crippen LogP contribution in [0.1, 0.15) is 76.2 Å². The summed E-state index contributed by atoms with van der Waals surface area (Å²) in [5.41, 5.74) is 2.85. The highest BCUT2D eigenvalue weighted by atomic mass is 32.3. The van der Waals surface area contributed by atoms with Gasteiger partial charge in [-0.25, -0.2) is 0 Å². The van der Waals surface area contributed by atoms with Crippen LogP contribution in [0.2, 0.25) is 0 Å². The van der Waals surface area contributed by atoms with E-state index in [1.165, 1.54) is 6.42 Å². The van der Waals surface area contributed by atoms with Crippen molar-refractivity contribution in [2.75, 3.05) is 23.1 Å². The highest BCUT2D eigenvalue weighted by Crippen LogP contribution is 2.52. The molecule has 2 atom stereocenters. The van der Waals surface area contributed by atoms with Crippen LogP contribution in [0.15, 0.2) is 54.7 Å². The third-order valence-corrected chi connectivity index (χ3v) is 10.2. The molecule has 1 aliphatic rings. The van der Waals surface area contributed by atoms with Crippen LogP contribution >= 0.6 is 10.8 Å². The number of amides is 1. The van der Waals surface area contributed by atoms with Crippen molar-refractivity contribution < 1.29 is 19.0 Å². The predicted molar refractivity (Wildman–Crippen MR) is 175 cm³/mol. The number of aromatic nitrogens is 1. The van der Waals surface area contributed by atoms with E-state index in [1.54, 1.807) is 10.4 Å². The van der Waals surface area contributed by atoms with Crippen LogP contribution in [0.5, 0.6) is 0 Å². The lowest BCUT2D eigenvalue weighted by atomic mass is 9.93. The Kier molecular flexibility index (Phi) is 10.6. The number of nitrogens with one attached hydrogen (secondary N) is 2. The van der Waals surface area contributed by atoms with Gasteiger partial charge in [0.2, 0.25) is 0 Å². The number of hydrogen-bond acceptors (Lipinski definition) is 6. The summed E-state index contributed by atoms with van der Waals surface area (Å²) in [5, 5.41) is 19.0. The Bertz CT molecular complexity index is 1320. The van der Waals surface area contributed by atoms with Crippen LogP contribution in [0.4, 0.5) is 5.69 Å². The molecule has 2 heterocycles. The Labute approximate surface area is 253 Å². The highest BCUT2D eigenvalue weighted by molar-refractivity contribution is 8.25. The van der Waals surface area contributed by atoms with E-state index >= 15 is 0 Å². The number of anilines is 1. The zero-order valence-corrected chi connectivity index (χ0v) is 26.7. The van der Waals surface area contributed by atoms with E-state index < -0.39 is 22.9 Å². The van der Waals surface area contributed by atoms with Gasteiger partial charge in [0.1, 0.15) is 0 Å². The number of carbonyl (C=O) groups is 1. The van der Waals surface area contributed by atoms with Gasteiger partial charge in [0.15, 0.2) is 0 Å². The van der Waals surface area contributed by atoms with Crippen LogP contribution in [-0.4, -0.2) is 61.2 Å². The van der Waals surface area contributed by atoms with Gasteiger partial charge in [-0.3, -0.25) is 18.2 Å². The minimum Gasteiger partial charge on any atom is -0.390 e. The average Bonchev–Trinajstić information content (AvgIpc) is 3.53. The maximum atomic E-state index is 13.9. The zero-order chi connectivity index (χ0) is 30.5. The number of fused-ring (bicyclic) bond motifs is 1. The largest absolute Gasteiger partial charge is 0.390 e. The lowest BCUT2D eigenvalue weighted by Gasteiger charge is -2.38. The Morgan fingerprint density at radius 3 is 2.50 bits per heavy atom. The van der Waals surface area contributed by atoms with Gasteiger partial charge in [-0.2, -0.15) is 0 Å². The predicted octanol–water partition coefficient (Wildman–Crippen LogP) is 6.43. The molecule has 8 nitrogen and oxygen atoms in total. The Balaban J connectivity index is 1.58. The van der Waals surface area contributed by atoms with Gasteiger partial charge < -0.3 is 20.3 Å². The van der Waals surface area contributed by atoms with E-state index in [1.807, 2.05) is 55.6 Å². The molecule has 0 radical (unpaired) electrons. The first-order valence-electron chi connectivity index (χ1n) is 15.3. The van der Waals surface area contributed by atoms with Crippen molar-refractivity contribution in [3.63, 3.8) is 0 Å². The van der Waals surface area contributed by atoms with Crippen molar-refractivity contribution in [1.82, 2.24) is 15.2 Å². The third kappa shape index (κ3) is 8.08. The SMILES string of the molecule is CCn1ccc2c(N3CCCS3(O)O)cc(C(=O)N[C@@H](Cc3ccccc3)[C@H](O)CNC(C)(C)CCCC(C)C)cc21. The molecule has 1 aliphatic heterocycles. The molecular formula is C33H50N4O4S. The molecule has 9 heteroatoms. The number of aliphatic hydroxyl groups excluding tert-OH is 1. The summed E-state index contributed by atoms with van der Waals surface area (Å²) in [6, 6.07) is 15.0. The summed E-state index contributed by atoms with van der Waals surface area (Å²) in [7, 11) is -2.94. The fourth-order valence-corrected chi connectivity index (χ4v) is 7.42. The first kappa shape index (κ1) is 32.4. The first-order valence-corrected chi connectivity index (χ1v) is 17.0. The molecule has 0 aliphatic carbocycles. The van der Waals surface area contributed by atoms with Gasteiger partial charge in [0.05, 0.1) is 29.1 Å². The molecule has 1 aromatic heterocycles. The minimum absolute atomic E-state index is 0.137. The number of nitrogens with zero attached hydrogens (tertiary/aromatic N) is 2. The van der Waals surface area contributed by atoms with Crippen LogP contribution in [0.25, 0.3) is 10.9 Å². The van der Waals surface area contributed by atoms with Crippen molar-refractivity contribution in [1.29, 1.82) is 0 Å². The molecule has 1 saturated heterocycles. The smallest absolute Gasteiger partial charge is 0.251 e. The number of hydrogen-bond donors (Lipinski definition) is 5.